The third-order valence-electron chi connectivity index (χ3n) is 4.32. The van der Waals surface area contributed by atoms with Gasteiger partial charge in [-0.1, -0.05) is 30.3 Å². The van der Waals surface area contributed by atoms with Crippen LogP contribution in [0, 0.1) is 5.82 Å². The van der Waals surface area contributed by atoms with E-state index in [1.807, 2.05) is 0 Å². The number of alkyl halides is 3. The SMILES string of the molecule is NC1CNC(=O)C1(c1cccc(F)c1)c1cccc(C(F)(F)F)c1. The third kappa shape index (κ3) is 2.45. The maximum atomic E-state index is 13.7. The van der Waals surface area contributed by atoms with Gasteiger partial charge in [0.2, 0.25) is 5.91 Å². The molecule has 0 spiro atoms. The van der Waals surface area contributed by atoms with E-state index < -0.39 is 34.9 Å². The highest BCUT2D eigenvalue weighted by atomic mass is 19.4. The number of nitrogens with two attached hydrogens (primary N) is 1. The van der Waals surface area contributed by atoms with E-state index in [1.165, 1.54) is 30.3 Å². The lowest BCUT2D eigenvalue weighted by Crippen LogP contribution is -2.48. The van der Waals surface area contributed by atoms with Gasteiger partial charge < -0.3 is 11.1 Å². The number of hydrogen-bond donors (Lipinski definition) is 2. The molecule has 1 amide bonds. The molecule has 1 saturated heterocycles. The Kier molecular flexibility index (Phi) is 3.83. The van der Waals surface area contributed by atoms with Crippen molar-refractivity contribution in [3.63, 3.8) is 0 Å². The minimum atomic E-state index is -4.56. The summed E-state index contributed by atoms with van der Waals surface area (Å²) in [7, 11) is 0. The largest absolute Gasteiger partial charge is 0.416 e. The number of amides is 1. The van der Waals surface area contributed by atoms with Crippen molar-refractivity contribution in [3.05, 3.63) is 71.0 Å². The Balaban J connectivity index is 2.26. The summed E-state index contributed by atoms with van der Waals surface area (Å²) in [5, 5.41) is 2.57. The molecular formula is C17H14F4N2O. The number of rotatable bonds is 2. The number of nitrogens with one attached hydrogen (secondary N) is 1. The van der Waals surface area contributed by atoms with E-state index in [2.05, 4.69) is 5.32 Å². The maximum Gasteiger partial charge on any atom is 0.416 e. The molecule has 7 heteroatoms. The van der Waals surface area contributed by atoms with Gasteiger partial charge in [-0.15, -0.1) is 0 Å². The molecule has 2 unspecified atom stereocenters. The molecule has 1 heterocycles. The number of carbonyl (C=O) groups is 1. The molecule has 2 aromatic rings. The van der Waals surface area contributed by atoms with Gasteiger partial charge in [0, 0.05) is 12.6 Å². The predicted molar refractivity (Wildman–Crippen MR) is 79.6 cm³/mol. The van der Waals surface area contributed by atoms with Crippen LogP contribution in [0.25, 0.3) is 0 Å². The van der Waals surface area contributed by atoms with Crippen molar-refractivity contribution < 1.29 is 22.4 Å². The van der Waals surface area contributed by atoms with Crippen molar-refractivity contribution in [2.75, 3.05) is 6.54 Å². The summed E-state index contributed by atoms with van der Waals surface area (Å²) in [6.45, 7) is 0.0889. The molecule has 0 aliphatic carbocycles. The van der Waals surface area contributed by atoms with Gasteiger partial charge in [-0.05, 0) is 29.3 Å². The smallest absolute Gasteiger partial charge is 0.353 e. The van der Waals surface area contributed by atoms with E-state index in [4.69, 9.17) is 5.73 Å². The standard InChI is InChI=1S/C17H14F4N2O/c18-13-6-2-4-11(8-13)16(14(22)9-23-15(16)24)10-3-1-5-12(7-10)17(19,20)21/h1-8,14H,9,22H2,(H,23,24). The first-order valence-electron chi connectivity index (χ1n) is 7.24. The molecule has 0 saturated carbocycles. The Morgan fingerprint density at radius 3 is 2.25 bits per heavy atom. The Labute approximate surface area is 135 Å². The zero-order chi connectivity index (χ0) is 17.5. The van der Waals surface area contributed by atoms with Crippen LogP contribution in [0.3, 0.4) is 0 Å². The van der Waals surface area contributed by atoms with Gasteiger partial charge in [-0.25, -0.2) is 4.39 Å². The van der Waals surface area contributed by atoms with Gasteiger partial charge in [-0.3, -0.25) is 4.79 Å². The number of halogens is 4. The zero-order valence-electron chi connectivity index (χ0n) is 12.4. The molecule has 2 atom stereocenters. The van der Waals surface area contributed by atoms with E-state index in [0.717, 1.165) is 18.2 Å². The molecule has 3 nitrogen and oxygen atoms in total. The van der Waals surface area contributed by atoms with Crippen LogP contribution in [-0.4, -0.2) is 18.5 Å². The first-order valence-corrected chi connectivity index (χ1v) is 7.24. The molecule has 0 aromatic heterocycles. The van der Waals surface area contributed by atoms with Gasteiger partial charge in [0.15, 0.2) is 0 Å². The maximum absolute atomic E-state index is 13.7. The van der Waals surface area contributed by atoms with Crippen LogP contribution >= 0.6 is 0 Å². The molecule has 3 N–H and O–H groups in total. The van der Waals surface area contributed by atoms with Crippen LogP contribution in [-0.2, 0) is 16.4 Å². The molecular weight excluding hydrogens is 324 g/mol. The Bertz CT molecular complexity index is 790. The molecule has 2 aromatic carbocycles. The molecule has 24 heavy (non-hydrogen) atoms. The zero-order valence-corrected chi connectivity index (χ0v) is 12.4. The van der Waals surface area contributed by atoms with E-state index in [1.54, 1.807) is 0 Å². The van der Waals surface area contributed by atoms with Crippen molar-refractivity contribution in [3.8, 4) is 0 Å². The minimum absolute atomic E-state index is 0.0884. The lowest BCUT2D eigenvalue weighted by molar-refractivity contribution is -0.137. The van der Waals surface area contributed by atoms with Gasteiger partial charge in [0.05, 0.1) is 5.56 Å². The van der Waals surface area contributed by atoms with Crippen LogP contribution in [0.2, 0.25) is 0 Å². The molecule has 0 radical (unpaired) electrons. The lowest BCUT2D eigenvalue weighted by Gasteiger charge is -2.32. The minimum Gasteiger partial charge on any atom is -0.353 e. The van der Waals surface area contributed by atoms with Crippen LogP contribution in [0.4, 0.5) is 17.6 Å². The fraction of sp³-hybridized carbons (Fsp3) is 0.235. The Morgan fingerprint density at radius 2 is 1.71 bits per heavy atom. The fourth-order valence-electron chi connectivity index (χ4n) is 3.20. The van der Waals surface area contributed by atoms with Crippen molar-refractivity contribution in [1.82, 2.24) is 5.32 Å². The molecule has 3 rings (SSSR count). The average Bonchev–Trinajstić information content (AvgIpc) is 2.82. The van der Waals surface area contributed by atoms with Gasteiger partial charge >= 0.3 is 6.18 Å². The second kappa shape index (κ2) is 5.59. The van der Waals surface area contributed by atoms with Gasteiger partial charge in [0.25, 0.3) is 0 Å². The van der Waals surface area contributed by atoms with Crippen LogP contribution in [0.5, 0.6) is 0 Å². The van der Waals surface area contributed by atoms with Crippen molar-refractivity contribution in [2.24, 2.45) is 5.73 Å². The van der Waals surface area contributed by atoms with Crippen LogP contribution in [0.1, 0.15) is 16.7 Å². The molecule has 1 fully saturated rings. The third-order valence-corrected chi connectivity index (χ3v) is 4.32. The highest BCUT2D eigenvalue weighted by Crippen LogP contribution is 2.40. The van der Waals surface area contributed by atoms with Gasteiger partial charge in [0.1, 0.15) is 11.2 Å². The second-order valence-electron chi connectivity index (χ2n) is 5.71. The first kappa shape index (κ1) is 16.4. The van der Waals surface area contributed by atoms with Crippen LogP contribution < -0.4 is 11.1 Å². The molecule has 1 aliphatic heterocycles. The van der Waals surface area contributed by atoms with E-state index in [0.29, 0.717) is 0 Å². The monoisotopic (exact) mass is 338 g/mol. The fourth-order valence-corrected chi connectivity index (χ4v) is 3.20. The Morgan fingerprint density at radius 1 is 1.08 bits per heavy atom. The summed E-state index contributed by atoms with van der Waals surface area (Å²) in [4.78, 5) is 12.6. The molecule has 126 valence electrons. The highest BCUT2D eigenvalue weighted by Gasteiger charge is 2.52. The lowest BCUT2D eigenvalue weighted by atomic mass is 9.70. The molecule has 1 aliphatic rings. The van der Waals surface area contributed by atoms with Crippen molar-refractivity contribution >= 4 is 5.91 Å². The second-order valence-corrected chi connectivity index (χ2v) is 5.71. The van der Waals surface area contributed by atoms with E-state index in [-0.39, 0.29) is 17.7 Å². The summed E-state index contributed by atoms with van der Waals surface area (Å²) in [6, 6.07) is 8.84. The summed E-state index contributed by atoms with van der Waals surface area (Å²) < 4.78 is 52.8. The van der Waals surface area contributed by atoms with Gasteiger partial charge in [-0.2, -0.15) is 13.2 Å². The summed E-state index contributed by atoms with van der Waals surface area (Å²) in [5.41, 5.74) is 3.95. The molecule has 0 bridgehead atoms. The predicted octanol–water partition coefficient (Wildman–Crippen LogP) is 2.59. The Hall–Kier alpha value is -2.41. The first-order chi connectivity index (χ1) is 11.3. The number of hydrogen-bond acceptors (Lipinski definition) is 2. The van der Waals surface area contributed by atoms with E-state index in [9.17, 15) is 22.4 Å². The highest BCUT2D eigenvalue weighted by molar-refractivity contribution is 5.95. The summed E-state index contributed by atoms with van der Waals surface area (Å²) in [5.74, 6) is -1.13. The number of benzene rings is 2. The average molecular weight is 338 g/mol. The normalized spacial score (nSPS) is 24.0. The van der Waals surface area contributed by atoms with Crippen molar-refractivity contribution in [1.29, 1.82) is 0 Å². The summed E-state index contributed by atoms with van der Waals surface area (Å²) in [6.07, 6.45) is -4.56. The van der Waals surface area contributed by atoms with Crippen LogP contribution in [0.15, 0.2) is 48.5 Å². The summed E-state index contributed by atoms with van der Waals surface area (Å²) >= 11 is 0. The quantitative estimate of drug-likeness (QED) is 0.827. The number of carbonyl (C=O) groups excluding carboxylic acids is 1. The van der Waals surface area contributed by atoms with Crippen molar-refractivity contribution in [2.45, 2.75) is 17.6 Å². The topological polar surface area (TPSA) is 55.1 Å². The van der Waals surface area contributed by atoms with E-state index >= 15 is 0 Å².